The van der Waals surface area contributed by atoms with Crippen LogP contribution in [0, 0.1) is 11.6 Å². The zero-order valence-corrected chi connectivity index (χ0v) is 12.5. The van der Waals surface area contributed by atoms with Crippen molar-refractivity contribution >= 4 is 5.91 Å². The molecule has 22 heavy (non-hydrogen) atoms. The van der Waals surface area contributed by atoms with E-state index >= 15 is 0 Å². The third-order valence-corrected chi connectivity index (χ3v) is 3.95. The summed E-state index contributed by atoms with van der Waals surface area (Å²) in [5, 5.41) is 0. The Bertz CT molecular complexity index is 724. The molecule has 0 saturated heterocycles. The largest absolute Gasteiger partial charge is 0.332 e. The summed E-state index contributed by atoms with van der Waals surface area (Å²) in [6, 6.07) is 3.51. The summed E-state index contributed by atoms with van der Waals surface area (Å²) in [6.45, 7) is 5.07. The van der Waals surface area contributed by atoms with Crippen LogP contribution >= 0.6 is 0 Å². The van der Waals surface area contributed by atoms with Crippen molar-refractivity contribution in [2.45, 2.75) is 32.9 Å². The normalized spacial score (nSPS) is 14.3. The number of benzene rings is 1. The highest BCUT2D eigenvalue weighted by molar-refractivity contribution is 5.94. The molecule has 0 spiro atoms. The summed E-state index contributed by atoms with van der Waals surface area (Å²) in [5.41, 5.74) is 2.18. The summed E-state index contributed by atoms with van der Waals surface area (Å²) in [5.74, 6) is -2.24. The zero-order valence-electron chi connectivity index (χ0n) is 12.5. The highest BCUT2D eigenvalue weighted by atomic mass is 19.2. The molecule has 6 heteroatoms. The van der Waals surface area contributed by atoms with Gasteiger partial charge < -0.3 is 9.47 Å². The average molecular weight is 305 g/mol. The highest BCUT2D eigenvalue weighted by Crippen LogP contribution is 2.23. The number of carbonyl (C=O) groups is 1. The zero-order chi connectivity index (χ0) is 15.9. The Kier molecular flexibility index (Phi) is 3.68. The Morgan fingerprint density at radius 1 is 1.27 bits per heavy atom. The first-order chi connectivity index (χ1) is 10.5. The van der Waals surface area contributed by atoms with E-state index in [1.807, 2.05) is 4.57 Å². The van der Waals surface area contributed by atoms with Gasteiger partial charge in [-0.1, -0.05) is 0 Å². The van der Waals surface area contributed by atoms with E-state index in [1.165, 1.54) is 6.07 Å². The third kappa shape index (κ3) is 2.49. The Morgan fingerprint density at radius 3 is 2.73 bits per heavy atom. The van der Waals surface area contributed by atoms with Gasteiger partial charge in [0.05, 0.1) is 24.3 Å². The van der Waals surface area contributed by atoms with Crippen LogP contribution in [-0.4, -0.2) is 26.9 Å². The van der Waals surface area contributed by atoms with Gasteiger partial charge >= 0.3 is 0 Å². The molecular weight excluding hydrogens is 288 g/mol. The molecule has 2 heterocycles. The molecule has 0 saturated carbocycles. The van der Waals surface area contributed by atoms with Crippen molar-refractivity contribution in [1.82, 2.24) is 14.5 Å². The van der Waals surface area contributed by atoms with Crippen LogP contribution in [-0.2, 0) is 13.0 Å². The molecule has 4 nitrogen and oxygen atoms in total. The Labute approximate surface area is 127 Å². The fourth-order valence-electron chi connectivity index (χ4n) is 2.74. The Morgan fingerprint density at radius 2 is 2.05 bits per heavy atom. The van der Waals surface area contributed by atoms with Crippen molar-refractivity contribution in [3.8, 4) is 0 Å². The maximum Gasteiger partial charge on any atom is 0.254 e. The van der Waals surface area contributed by atoms with Crippen molar-refractivity contribution < 1.29 is 13.6 Å². The number of amides is 1. The Hall–Kier alpha value is -2.24. The van der Waals surface area contributed by atoms with E-state index in [2.05, 4.69) is 18.8 Å². The summed E-state index contributed by atoms with van der Waals surface area (Å²) in [4.78, 5) is 18.5. The second-order valence-electron chi connectivity index (χ2n) is 5.74. The van der Waals surface area contributed by atoms with Gasteiger partial charge in [0, 0.05) is 24.6 Å². The second kappa shape index (κ2) is 5.51. The Balaban J connectivity index is 1.85. The number of hydrogen-bond acceptors (Lipinski definition) is 2. The molecular formula is C16H17F2N3O. The van der Waals surface area contributed by atoms with Crippen molar-refractivity contribution in [2.75, 3.05) is 6.54 Å². The molecule has 1 amide bonds. The number of rotatable bonds is 2. The van der Waals surface area contributed by atoms with E-state index in [-0.39, 0.29) is 17.5 Å². The minimum atomic E-state index is -1.00. The number of fused-ring (bicyclic) bond motifs is 1. The molecule has 2 aromatic rings. The predicted molar refractivity (Wildman–Crippen MR) is 77.4 cm³/mol. The van der Waals surface area contributed by atoms with Crippen LogP contribution in [0.5, 0.6) is 0 Å². The lowest BCUT2D eigenvalue weighted by Crippen LogP contribution is -2.37. The first-order valence-electron chi connectivity index (χ1n) is 7.26. The average Bonchev–Trinajstić information content (AvgIpc) is 2.92. The van der Waals surface area contributed by atoms with Crippen LogP contribution in [0.25, 0.3) is 0 Å². The van der Waals surface area contributed by atoms with E-state index in [0.717, 1.165) is 23.5 Å². The van der Waals surface area contributed by atoms with E-state index in [1.54, 1.807) is 11.2 Å². The molecule has 1 aliphatic heterocycles. The maximum atomic E-state index is 13.3. The summed E-state index contributed by atoms with van der Waals surface area (Å²) < 4.78 is 28.3. The number of nitrogens with zero attached hydrogens (tertiary/aromatic N) is 3. The summed E-state index contributed by atoms with van der Waals surface area (Å²) >= 11 is 0. The number of aromatic nitrogens is 2. The smallest absolute Gasteiger partial charge is 0.254 e. The number of imidazole rings is 1. The lowest BCUT2D eigenvalue weighted by atomic mass is 10.1. The predicted octanol–water partition coefficient (Wildman–Crippen LogP) is 2.94. The monoisotopic (exact) mass is 305 g/mol. The molecule has 0 bridgehead atoms. The SMILES string of the molecule is CC(C)n1cnc2c1CN(C(=O)c1ccc(F)c(F)c1)CC2. The molecule has 0 fully saturated rings. The lowest BCUT2D eigenvalue weighted by molar-refractivity contribution is 0.0728. The molecule has 0 N–H and O–H groups in total. The molecule has 0 unspecified atom stereocenters. The van der Waals surface area contributed by atoms with Gasteiger partial charge in [0.2, 0.25) is 0 Å². The van der Waals surface area contributed by atoms with Gasteiger partial charge in [0.1, 0.15) is 0 Å². The van der Waals surface area contributed by atoms with Crippen LogP contribution in [0.4, 0.5) is 8.78 Å². The molecule has 0 aliphatic carbocycles. The van der Waals surface area contributed by atoms with E-state index < -0.39 is 11.6 Å². The van der Waals surface area contributed by atoms with Gasteiger partial charge in [0.25, 0.3) is 5.91 Å². The van der Waals surface area contributed by atoms with Crippen molar-refractivity contribution in [3.63, 3.8) is 0 Å². The fourth-order valence-corrected chi connectivity index (χ4v) is 2.74. The topological polar surface area (TPSA) is 38.1 Å². The molecule has 1 aromatic carbocycles. The fraction of sp³-hybridized carbons (Fsp3) is 0.375. The van der Waals surface area contributed by atoms with Gasteiger partial charge in [-0.15, -0.1) is 0 Å². The first-order valence-corrected chi connectivity index (χ1v) is 7.26. The van der Waals surface area contributed by atoms with Crippen LogP contribution < -0.4 is 0 Å². The van der Waals surface area contributed by atoms with Crippen LogP contribution in [0.1, 0.15) is 41.6 Å². The second-order valence-corrected chi connectivity index (χ2v) is 5.74. The summed E-state index contributed by atoms with van der Waals surface area (Å²) in [6.07, 6.45) is 2.46. The standard InChI is InChI=1S/C16H17F2N3O/c1-10(2)21-9-19-14-5-6-20(8-15(14)21)16(22)11-3-4-12(17)13(18)7-11/h3-4,7,9-10H,5-6,8H2,1-2H3. The van der Waals surface area contributed by atoms with Crippen LogP contribution in [0.2, 0.25) is 0 Å². The first kappa shape index (κ1) is 14.7. The number of halogens is 2. The van der Waals surface area contributed by atoms with Gasteiger partial charge in [-0.05, 0) is 32.0 Å². The third-order valence-electron chi connectivity index (χ3n) is 3.95. The molecule has 1 aliphatic rings. The number of carbonyl (C=O) groups excluding carboxylic acids is 1. The van der Waals surface area contributed by atoms with Crippen LogP contribution in [0.15, 0.2) is 24.5 Å². The van der Waals surface area contributed by atoms with E-state index in [9.17, 15) is 13.6 Å². The van der Waals surface area contributed by atoms with Gasteiger partial charge in [0.15, 0.2) is 11.6 Å². The molecule has 1 aromatic heterocycles. The maximum absolute atomic E-state index is 13.3. The summed E-state index contributed by atoms with van der Waals surface area (Å²) in [7, 11) is 0. The van der Waals surface area contributed by atoms with E-state index in [4.69, 9.17) is 0 Å². The van der Waals surface area contributed by atoms with Crippen molar-refractivity contribution in [2.24, 2.45) is 0 Å². The van der Waals surface area contributed by atoms with Gasteiger partial charge in [-0.2, -0.15) is 0 Å². The van der Waals surface area contributed by atoms with Gasteiger partial charge in [-0.25, -0.2) is 13.8 Å². The number of hydrogen-bond donors (Lipinski definition) is 0. The van der Waals surface area contributed by atoms with Crippen molar-refractivity contribution in [3.05, 3.63) is 53.1 Å². The van der Waals surface area contributed by atoms with Crippen LogP contribution in [0.3, 0.4) is 0 Å². The highest BCUT2D eigenvalue weighted by Gasteiger charge is 2.26. The minimum absolute atomic E-state index is 0.165. The quantitative estimate of drug-likeness (QED) is 0.855. The molecule has 116 valence electrons. The van der Waals surface area contributed by atoms with E-state index in [0.29, 0.717) is 19.5 Å². The van der Waals surface area contributed by atoms with Gasteiger partial charge in [-0.3, -0.25) is 4.79 Å². The van der Waals surface area contributed by atoms with Crippen molar-refractivity contribution in [1.29, 1.82) is 0 Å². The minimum Gasteiger partial charge on any atom is -0.332 e. The lowest BCUT2D eigenvalue weighted by Gasteiger charge is -2.28. The molecule has 0 radical (unpaired) electrons. The molecule has 0 atom stereocenters. The molecule has 3 rings (SSSR count).